The highest BCUT2D eigenvalue weighted by Gasteiger charge is 2.48. The molecule has 4 heteroatoms. The van der Waals surface area contributed by atoms with Crippen molar-refractivity contribution >= 4 is 5.91 Å². The molecule has 142 valence electrons. The number of hydrogen-bond donors (Lipinski definition) is 0. The van der Waals surface area contributed by atoms with Crippen LogP contribution in [0.2, 0.25) is 0 Å². The van der Waals surface area contributed by atoms with Crippen LogP contribution in [0.1, 0.15) is 43.7 Å². The third kappa shape index (κ3) is 3.40. The first kappa shape index (κ1) is 18.2. The highest BCUT2D eigenvalue weighted by molar-refractivity contribution is 5.76. The Balaban J connectivity index is 1.67. The molecule has 2 aliphatic heterocycles. The summed E-state index contributed by atoms with van der Waals surface area (Å²) in [5.74, 6) is -0.703. The van der Waals surface area contributed by atoms with Crippen LogP contribution in [0.15, 0.2) is 60.7 Å². The van der Waals surface area contributed by atoms with Gasteiger partial charge in [0.2, 0.25) is 11.7 Å². The second-order valence-corrected chi connectivity index (χ2v) is 7.32. The van der Waals surface area contributed by atoms with E-state index in [0.717, 1.165) is 36.9 Å². The third-order valence-corrected chi connectivity index (χ3v) is 5.68. The maximum Gasteiger partial charge on any atom is 0.222 e. The Kier molecular flexibility index (Phi) is 5.28. The van der Waals surface area contributed by atoms with E-state index in [1.165, 1.54) is 0 Å². The highest BCUT2D eigenvalue weighted by atomic mass is 16.7. The zero-order valence-corrected chi connectivity index (χ0v) is 15.8. The Morgan fingerprint density at radius 3 is 2.26 bits per heavy atom. The number of benzene rings is 2. The lowest BCUT2D eigenvalue weighted by Crippen LogP contribution is -2.50. The molecule has 2 aromatic carbocycles. The molecule has 0 spiro atoms. The van der Waals surface area contributed by atoms with E-state index in [1.54, 1.807) is 0 Å². The van der Waals surface area contributed by atoms with Gasteiger partial charge in [-0.25, -0.2) is 0 Å². The molecule has 0 bridgehead atoms. The van der Waals surface area contributed by atoms with Crippen molar-refractivity contribution in [1.82, 2.24) is 4.90 Å². The second-order valence-electron chi connectivity index (χ2n) is 7.32. The first-order valence-electron chi connectivity index (χ1n) is 9.97. The number of carbonyl (C=O) groups excluding carboxylic acids is 1. The van der Waals surface area contributed by atoms with Crippen molar-refractivity contribution < 1.29 is 14.3 Å². The minimum absolute atomic E-state index is 0.0838. The molecule has 4 nitrogen and oxygen atoms in total. The average Bonchev–Trinajstić information content (AvgIpc) is 3.21. The van der Waals surface area contributed by atoms with Gasteiger partial charge in [-0.1, -0.05) is 67.6 Å². The Bertz CT molecular complexity index is 722. The zero-order chi connectivity index (χ0) is 18.7. The van der Waals surface area contributed by atoms with Gasteiger partial charge in [-0.05, 0) is 19.3 Å². The lowest BCUT2D eigenvalue weighted by molar-refractivity contribution is -0.158. The Labute approximate surface area is 161 Å². The van der Waals surface area contributed by atoms with Crippen molar-refractivity contribution in [1.29, 1.82) is 0 Å². The van der Waals surface area contributed by atoms with Gasteiger partial charge in [0.05, 0.1) is 12.6 Å². The van der Waals surface area contributed by atoms with Crippen LogP contribution in [0.3, 0.4) is 0 Å². The standard InChI is InChI=1S/C23H27NO3/c1-2-22(25)24-16-10-9-15-20(24)21-17-26-23(27-21,18-11-5-3-6-12-18)19-13-7-4-8-14-19/h3-8,11-14,20-21H,2,9-10,15-17H2,1H3/t20?,21-/m0/s1. The van der Waals surface area contributed by atoms with Crippen molar-refractivity contribution in [2.75, 3.05) is 13.2 Å². The number of ether oxygens (including phenoxy) is 2. The van der Waals surface area contributed by atoms with E-state index in [2.05, 4.69) is 0 Å². The molecule has 2 aliphatic rings. The predicted octanol–water partition coefficient (Wildman–Crippen LogP) is 4.09. The van der Waals surface area contributed by atoms with E-state index in [9.17, 15) is 4.79 Å². The Morgan fingerprint density at radius 1 is 1.04 bits per heavy atom. The predicted molar refractivity (Wildman–Crippen MR) is 104 cm³/mol. The Morgan fingerprint density at radius 2 is 1.67 bits per heavy atom. The van der Waals surface area contributed by atoms with Crippen molar-refractivity contribution in [2.45, 2.75) is 50.5 Å². The van der Waals surface area contributed by atoms with Crippen LogP contribution in [0, 0.1) is 0 Å². The SMILES string of the molecule is CCC(=O)N1CCCCC1[C@@H]1COC(c2ccccc2)(c2ccccc2)O1. The zero-order valence-electron chi connectivity index (χ0n) is 15.8. The largest absolute Gasteiger partial charge is 0.339 e. The van der Waals surface area contributed by atoms with Gasteiger partial charge in [-0.15, -0.1) is 0 Å². The van der Waals surface area contributed by atoms with Gasteiger partial charge in [-0.3, -0.25) is 4.79 Å². The maximum atomic E-state index is 12.5. The van der Waals surface area contributed by atoms with E-state index >= 15 is 0 Å². The number of piperidine rings is 1. The van der Waals surface area contributed by atoms with Crippen molar-refractivity contribution in [2.24, 2.45) is 0 Å². The van der Waals surface area contributed by atoms with E-state index < -0.39 is 5.79 Å². The summed E-state index contributed by atoms with van der Waals surface area (Å²) in [5, 5.41) is 0. The van der Waals surface area contributed by atoms with Crippen LogP contribution < -0.4 is 0 Å². The van der Waals surface area contributed by atoms with Gasteiger partial charge in [0.1, 0.15) is 6.10 Å². The highest BCUT2D eigenvalue weighted by Crippen LogP contribution is 2.42. The first-order chi connectivity index (χ1) is 13.2. The number of nitrogens with zero attached hydrogens (tertiary/aromatic N) is 1. The molecule has 0 aromatic heterocycles. The number of hydrogen-bond acceptors (Lipinski definition) is 3. The van der Waals surface area contributed by atoms with Gasteiger partial charge < -0.3 is 14.4 Å². The molecule has 4 rings (SSSR count). The van der Waals surface area contributed by atoms with Crippen molar-refractivity contribution in [3.63, 3.8) is 0 Å². The maximum absolute atomic E-state index is 12.5. The molecule has 0 N–H and O–H groups in total. The summed E-state index contributed by atoms with van der Waals surface area (Å²) in [7, 11) is 0. The van der Waals surface area contributed by atoms with Gasteiger partial charge in [-0.2, -0.15) is 0 Å². The molecule has 0 aliphatic carbocycles. The summed E-state index contributed by atoms with van der Waals surface area (Å²) in [6.07, 6.45) is 3.58. The molecule has 2 aromatic rings. The topological polar surface area (TPSA) is 38.8 Å². The van der Waals surface area contributed by atoms with Crippen molar-refractivity contribution in [3.05, 3.63) is 71.8 Å². The summed E-state index contributed by atoms with van der Waals surface area (Å²) >= 11 is 0. The molecule has 2 heterocycles. The molecule has 0 saturated carbocycles. The van der Waals surface area contributed by atoms with Crippen LogP contribution in [-0.4, -0.2) is 36.1 Å². The fourth-order valence-electron chi connectivity index (χ4n) is 4.31. The van der Waals surface area contributed by atoms with Crippen LogP contribution in [0.5, 0.6) is 0 Å². The van der Waals surface area contributed by atoms with Crippen LogP contribution in [0.25, 0.3) is 0 Å². The normalized spacial score (nSPS) is 24.7. The first-order valence-corrected chi connectivity index (χ1v) is 9.97. The minimum Gasteiger partial charge on any atom is -0.339 e. The van der Waals surface area contributed by atoms with E-state index in [0.29, 0.717) is 13.0 Å². The number of rotatable bonds is 4. The van der Waals surface area contributed by atoms with Gasteiger partial charge >= 0.3 is 0 Å². The summed E-state index contributed by atoms with van der Waals surface area (Å²) < 4.78 is 13.0. The monoisotopic (exact) mass is 365 g/mol. The molecule has 2 atom stereocenters. The summed E-state index contributed by atoms with van der Waals surface area (Å²) in [6, 6.07) is 20.3. The van der Waals surface area contributed by atoms with E-state index in [-0.39, 0.29) is 18.1 Å². The fraction of sp³-hybridized carbons (Fsp3) is 0.435. The van der Waals surface area contributed by atoms with Gasteiger partial charge in [0.25, 0.3) is 0 Å². The second kappa shape index (κ2) is 7.83. The molecular formula is C23H27NO3. The third-order valence-electron chi connectivity index (χ3n) is 5.68. The molecular weight excluding hydrogens is 338 g/mol. The van der Waals surface area contributed by atoms with Gasteiger partial charge in [0, 0.05) is 24.1 Å². The molecule has 2 fully saturated rings. The van der Waals surface area contributed by atoms with Crippen LogP contribution in [-0.2, 0) is 20.1 Å². The van der Waals surface area contributed by atoms with Crippen LogP contribution in [0.4, 0.5) is 0 Å². The summed E-state index contributed by atoms with van der Waals surface area (Å²) in [5.41, 5.74) is 1.98. The average molecular weight is 365 g/mol. The van der Waals surface area contributed by atoms with Gasteiger partial charge in [0.15, 0.2) is 0 Å². The van der Waals surface area contributed by atoms with Crippen molar-refractivity contribution in [3.8, 4) is 0 Å². The molecule has 27 heavy (non-hydrogen) atoms. The van der Waals surface area contributed by atoms with E-state index in [1.807, 2.05) is 72.5 Å². The lowest BCUT2D eigenvalue weighted by Gasteiger charge is -2.39. The van der Waals surface area contributed by atoms with Crippen LogP contribution >= 0.6 is 0 Å². The Hall–Kier alpha value is -2.17. The fourth-order valence-corrected chi connectivity index (χ4v) is 4.31. The summed E-state index contributed by atoms with van der Waals surface area (Å²) in [4.78, 5) is 14.5. The summed E-state index contributed by atoms with van der Waals surface area (Å²) in [6.45, 7) is 3.24. The van der Waals surface area contributed by atoms with E-state index in [4.69, 9.17) is 9.47 Å². The molecule has 0 radical (unpaired) electrons. The molecule has 1 amide bonds. The number of carbonyl (C=O) groups is 1. The lowest BCUT2D eigenvalue weighted by atomic mass is 9.96. The quantitative estimate of drug-likeness (QED) is 0.819. The number of amides is 1. The minimum atomic E-state index is -0.911. The molecule has 1 unspecified atom stereocenters. The molecule has 2 saturated heterocycles. The smallest absolute Gasteiger partial charge is 0.222 e. The number of likely N-dealkylation sites (tertiary alicyclic amines) is 1.